The van der Waals surface area contributed by atoms with Crippen molar-refractivity contribution in [2.24, 2.45) is 5.73 Å². The average molecular weight is 450 g/mol. The van der Waals surface area contributed by atoms with E-state index < -0.39 is 17.8 Å². The first-order chi connectivity index (χ1) is 15.9. The molecule has 0 bridgehead atoms. The number of benzene rings is 2. The number of ether oxygens (including phenoxy) is 1. The normalized spacial score (nSPS) is 13.5. The van der Waals surface area contributed by atoms with Crippen LogP contribution < -0.4 is 21.3 Å². The lowest BCUT2D eigenvalue weighted by atomic mass is 10.1. The lowest BCUT2D eigenvalue weighted by Gasteiger charge is -2.29. The summed E-state index contributed by atoms with van der Waals surface area (Å²) in [6, 6.07) is 9.78. The molecule has 1 aliphatic rings. The number of rotatable bonds is 5. The van der Waals surface area contributed by atoms with Gasteiger partial charge in [-0.1, -0.05) is 0 Å². The summed E-state index contributed by atoms with van der Waals surface area (Å²) in [5, 5.41) is 5.04. The van der Waals surface area contributed by atoms with E-state index in [9.17, 15) is 14.0 Å². The fourth-order valence-electron chi connectivity index (χ4n) is 3.43. The molecule has 0 spiro atoms. The summed E-state index contributed by atoms with van der Waals surface area (Å²) in [7, 11) is 0. The highest BCUT2D eigenvalue weighted by Gasteiger charge is 2.17. The molecule has 1 aromatic heterocycles. The number of morpholine rings is 1. The molecule has 9 nitrogen and oxygen atoms in total. The van der Waals surface area contributed by atoms with E-state index in [1.807, 2.05) is 6.92 Å². The van der Waals surface area contributed by atoms with E-state index >= 15 is 0 Å². The van der Waals surface area contributed by atoms with Gasteiger partial charge in [-0.2, -0.15) is 0 Å². The quantitative estimate of drug-likeness (QED) is 0.549. The zero-order valence-electron chi connectivity index (χ0n) is 18.0. The number of urea groups is 1. The lowest BCUT2D eigenvalue weighted by Crippen LogP contribution is -2.37. The number of hydrogen-bond acceptors (Lipinski definition) is 6. The zero-order valence-corrected chi connectivity index (χ0v) is 18.0. The number of aromatic nitrogens is 2. The minimum atomic E-state index is -0.630. The summed E-state index contributed by atoms with van der Waals surface area (Å²) in [6.45, 7) is 4.65. The van der Waals surface area contributed by atoms with Crippen LogP contribution in [0.4, 0.5) is 26.4 Å². The van der Waals surface area contributed by atoms with Crippen LogP contribution in [0.1, 0.15) is 15.9 Å². The van der Waals surface area contributed by atoms with Crippen LogP contribution in [0.25, 0.3) is 11.4 Å². The highest BCUT2D eigenvalue weighted by atomic mass is 19.1. The van der Waals surface area contributed by atoms with Crippen LogP contribution in [0.3, 0.4) is 0 Å². The summed E-state index contributed by atoms with van der Waals surface area (Å²) < 4.78 is 20.1. The summed E-state index contributed by atoms with van der Waals surface area (Å²) in [5.41, 5.74) is 7.37. The molecule has 170 valence electrons. The number of hydrogen-bond donors (Lipinski definition) is 3. The molecule has 10 heteroatoms. The Morgan fingerprint density at radius 1 is 1.09 bits per heavy atom. The van der Waals surface area contributed by atoms with Crippen LogP contribution in [0, 0.1) is 12.7 Å². The fraction of sp³-hybridized carbons (Fsp3) is 0.217. The number of anilines is 3. The van der Waals surface area contributed by atoms with Gasteiger partial charge in [0.05, 0.1) is 18.9 Å². The molecule has 0 saturated carbocycles. The third kappa shape index (κ3) is 5.24. The molecule has 3 amide bonds. The summed E-state index contributed by atoms with van der Waals surface area (Å²) in [6.07, 6.45) is 1.72. The fourth-order valence-corrected chi connectivity index (χ4v) is 3.43. The van der Waals surface area contributed by atoms with E-state index in [-0.39, 0.29) is 5.69 Å². The molecule has 0 unspecified atom stereocenters. The third-order valence-electron chi connectivity index (χ3n) is 5.16. The van der Waals surface area contributed by atoms with Crippen molar-refractivity contribution >= 4 is 29.1 Å². The van der Waals surface area contributed by atoms with Crippen LogP contribution >= 0.6 is 0 Å². The van der Waals surface area contributed by atoms with Gasteiger partial charge in [-0.15, -0.1) is 0 Å². The van der Waals surface area contributed by atoms with Crippen LogP contribution in [0.2, 0.25) is 0 Å². The maximum Gasteiger partial charge on any atom is 0.323 e. The number of nitrogens with one attached hydrogen (secondary N) is 2. The number of carbonyl (C=O) groups is 2. The van der Waals surface area contributed by atoms with E-state index in [0.717, 1.165) is 24.5 Å². The molecule has 0 aliphatic carbocycles. The molecule has 1 fully saturated rings. The first-order valence-corrected chi connectivity index (χ1v) is 10.3. The van der Waals surface area contributed by atoms with Crippen molar-refractivity contribution in [3.63, 3.8) is 0 Å². The minimum absolute atomic E-state index is 0.00511. The Hall–Kier alpha value is -4.05. The Labute approximate surface area is 189 Å². The van der Waals surface area contributed by atoms with Crippen LogP contribution in [-0.4, -0.2) is 48.2 Å². The highest BCUT2D eigenvalue weighted by molar-refractivity contribution is 6.00. The maximum absolute atomic E-state index is 14.7. The Morgan fingerprint density at radius 2 is 1.82 bits per heavy atom. The smallest absolute Gasteiger partial charge is 0.323 e. The largest absolute Gasteiger partial charge is 0.378 e. The van der Waals surface area contributed by atoms with Crippen molar-refractivity contribution in [1.29, 1.82) is 0 Å². The van der Waals surface area contributed by atoms with Gasteiger partial charge in [0.2, 0.25) is 5.91 Å². The van der Waals surface area contributed by atoms with Gasteiger partial charge in [-0.3, -0.25) is 4.79 Å². The monoisotopic (exact) mass is 450 g/mol. The molecule has 1 saturated heterocycles. The van der Waals surface area contributed by atoms with Gasteiger partial charge in [0.1, 0.15) is 11.6 Å². The Kier molecular flexibility index (Phi) is 6.45. The second-order valence-electron chi connectivity index (χ2n) is 7.51. The number of primary amides is 1. The lowest BCUT2D eigenvalue weighted by molar-refractivity contribution is 0.1000. The number of nitrogens with two attached hydrogens (primary N) is 1. The first kappa shape index (κ1) is 22.2. The average Bonchev–Trinajstić information content (AvgIpc) is 2.81. The SMILES string of the molecule is Cc1cnc(-c2ccc(NC(=O)Nc3ccc(C(N)=O)cc3)c(F)c2)nc1N1CCOCC1. The van der Waals surface area contributed by atoms with Crippen LogP contribution in [0.5, 0.6) is 0 Å². The van der Waals surface area contributed by atoms with Crippen molar-refractivity contribution in [3.8, 4) is 11.4 Å². The van der Waals surface area contributed by atoms with Crippen molar-refractivity contribution in [2.75, 3.05) is 41.8 Å². The summed E-state index contributed by atoms with van der Waals surface area (Å²) >= 11 is 0. The molecule has 0 atom stereocenters. The second kappa shape index (κ2) is 9.61. The van der Waals surface area contributed by atoms with E-state index in [0.29, 0.717) is 35.9 Å². The predicted molar refractivity (Wildman–Crippen MR) is 123 cm³/mol. The van der Waals surface area contributed by atoms with Gasteiger partial charge < -0.3 is 26.0 Å². The summed E-state index contributed by atoms with van der Waals surface area (Å²) in [4.78, 5) is 34.5. The van der Waals surface area contributed by atoms with Crippen molar-refractivity contribution in [3.05, 3.63) is 65.6 Å². The Bertz CT molecular complexity index is 1180. The molecule has 4 N–H and O–H groups in total. The van der Waals surface area contributed by atoms with Gasteiger partial charge in [0.25, 0.3) is 0 Å². The first-order valence-electron chi connectivity index (χ1n) is 10.3. The van der Waals surface area contributed by atoms with Gasteiger partial charge in [-0.25, -0.2) is 19.2 Å². The zero-order chi connectivity index (χ0) is 23.4. The molecule has 2 heterocycles. The molecular weight excluding hydrogens is 427 g/mol. The van der Waals surface area contributed by atoms with Crippen molar-refractivity contribution < 1.29 is 18.7 Å². The third-order valence-corrected chi connectivity index (χ3v) is 5.16. The van der Waals surface area contributed by atoms with Crippen LogP contribution in [-0.2, 0) is 4.74 Å². The van der Waals surface area contributed by atoms with Gasteiger partial charge in [0, 0.05) is 41.7 Å². The Balaban J connectivity index is 1.46. The number of nitrogens with zero attached hydrogens (tertiary/aromatic N) is 3. The van der Waals surface area contributed by atoms with E-state index in [2.05, 4.69) is 25.5 Å². The number of carbonyl (C=O) groups excluding carboxylic acids is 2. The van der Waals surface area contributed by atoms with Gasteiger partial charge in [0.15, 0.2) is 5.82 Å². The van der Waals surface area contributed by atoms with E-state index in [1.54, 1.807) is 12.3 Å². The molecule has 2 aromatic carbocycles. The van der Waals surface area contributed by atoms with E-state index in [1.165, 1.54) is 36.4 Å². The number of amides is 3. The number of halogens is 1. The standard InChI is InChI=1S/C23H23FN6O3/c1-14-13-26-21(29-22(14)30-8-10-33-11-9-30)16-4-7-19(18(24)12-16)28-23(32)27-17-5-2-15(3-6-17)20(25)31/h2-7,12-13H,8-11H2,1H3,(H2,25,31)(H2,27,28,32). The molecular formula is C23H23FN6O3. The predicted octanol–water partition coefficient (Wildman–Crippen LogP) is 3.17. The molecule has 4 rings (SSSR count). The highest BCUT2D eigenvalue weighted by Crippen LogP contribution is 2.25. The second-order valence-corrected chi connectivity index (χ2v) is 7.51. The summed E-state index contributed by atoms with van der Waals surface area (Å²) in [5.74, 6) is 0.00536. The van der Waals surface area contributed by atoms with E-state index in [4.69, 9.17) is 10.5 Å². The molecule has 33 heavy (non-hydrogen) atoms. The van der Waals surface area contributed by atoms with Gasteiger partial charge >= 0.3 is 6.03 Å². The topological polar surface area (TPSA) is 122 Å². The minimum Gasteiger partial charge on any atom is -0.378 e. The van der Waals surface area contributed by atoms with Crippen LogP contribution in [0.15, 0.2) is 48.7 Å². The molecule has 0 radical (unpaired) electrons. The maximum atomic E-state index is 14.7. The molecule has 3 aromatic rings. The number of aryl methyl sites for hydroxylation is 1. The molecule has 1 aliphatic heterocycles. The van der Waals surface area contributed by atoms with Crippen molar-refractivity contribution in [1.82, 2.24) is 9.97 Å². The van der Waals surface area contributed by atoms with Crippen molar-refractivity contribution in [2.45, 2.75) is 6.92 Å². The Morgan fingerprint density at radius 3 is 2.48 bits per heavy atom. The van der Waals surface area contributed by atoms with Gasteiger partial charge in [-0.05, 0) is 49.4 Å².